The molecule has 0 saturated carbocycles. The molecule has 0 aliphatic rings. The van der Waals surface area contributed by atoms with Crippen molar-refractivity contribution >= 4 is 77.8 Å². The molecule has 0 aromatic heterocycles. The Morgan fingerprint density at radius 2 is 1.38 bits per heavy atom. The lowest BCUT2D eigenvalue weighted by atomic mass is 10.2. The van der Waals surface area contributed by atoms with E-state index in [0.29, 0.717) is 6.54 Å². The monoisotopic (exact) mass is 744 g/mol. The maximum Gasteiger partial charge on any atom is 0.339 e. The van der Waals surface area contributed by atoms with E-state index in [9.17, 15) is 8.42 Å². The van der Waals surface area contributed by atoms with Crippen molar-refractivity contribution in [1.29, 1.82) is 5.41 Å². The molecule has 12 nitrogen and oxygen atoms in total. The van der Waals surface area contributed by atoms with Crippen LogP contribution in [0, 0.1) is 12.5 Å². The number of guanidine groups is 1. The Bertz CT molecular complexity index is 1000. The molecule has 0 heterocycles. The Morgan fingerprint density at radius 3 is 1.65 bits per heavy atom. The number of hydrogen-bond acceptors (Lipinski definition) is 7. The maximum atomic E-state index is 9.54. The number of aliphatic hydroxyl groups excluding tert-OH is 1. The summed E-state index contributed by atoms with van der Waals surface area (Å²) in [6.45, 7) is 2.85. The van der Waals surface area contributed by atoms with Crippen LogP contribution in [-0.4, -0.2) is 49.6 Å². The molecule has 0 bridgehead atoms. The summed E-state index contributed by atoms with van der Waals surface area (Å²) in [6.07, 6.45) is 1.14. The summed E-state index contributed by atoms with van der Waals surface area (Å²) in [5.41, 5.74) is 17.4. The predicted octanol–water partition coefficient (Wildman–Crippen LogP) is -0.629. The van der Waals surface area contributed by atoms with Gasteiger partial charge in [0.05, 0.1) is 6.54 Å². The van der Waals surface area contributed by atoms with Crippen molar-refractivity contribution in [3.63, 3.8) is 0 Å². The number of rotatable bonds is 3. The van der Waals surface area contributed by atoms with E-state index in [-0.39, 0.29) is 5.96 Å². The maximum absolute atomic E-state index is 9.54. The molecule has 0 unspecified atom stereocenters. The van der Waals surface area contributed by atoms with Gasteiger partial charge in [0, 0.05) is 14.3 Å². The van der Waals surface area contributed by atoms with Gasteiger partial charge in [-0.1, -0.05) is 31.2 Å². The number of hydrogen-bond donors (Lipinski definition) is 7. The lowest BCUT2D eigenvalue weighted by molar-refractivity contribution is -0.477. The first-order valence-corrected chi connectivity index (χ1v) is 13.4. The topological polar surface area (TPSA) is 254 Å². The average molecular weight is 744 g/mol. The van der Waals surface area contributed by atoms with Gasteiger partial charge in [0.1, 0.15) is 0 Å². The van der Waals surface area contributed by atoms with Gasteiger partial charge >= 0.3 is 16.1 Å². The third-order valence-electron chi connectivity index (χ3n) is 2.96. The van der Waals surface area contributed by atoms with Crippen LogP contribution in [0.5, 0.6) is 0 Å². The molecule has 16 heteroatoms. The molecule has 0 saturated heterocycles. The van der Waals surface area contributed by atoms with E-state index in [4.69, 9.17) is 39.9 Å². The highest BCUT2D eigenvalue weighted by Gasteiger charge is 2.05. The van der Waals surface area contributed by atoms with E-state index in [2.05, 4.69) is 93.2 Å². The Hall–Kier alpha value is -1.42. The van der Waals surface area contributed by atoms with E-state index in [1.54, 1.807) is 0 Å². The number of benzene rings is 2. The molecule has 0 spiro atoms. The fraction of sp³-hybridized carbons (Fsp3) is 0.222. The minimum atomic E-state index is -4.38. The molecule has 194 valence electrons. The second kappa shape index (κ2) is 22.1. The van der Waals surface area contributed by atoms with Crippen LogP contribution in [0.25, 0.3) is 0 Å². The fourth-order valence-electron chi connectivity index (χ4n) is 1.61. The summed E-state index contributed by atoms with van der Waals surface area (Å²) in [4.78, 5) is 2.86. The van der Waals surface area contributed by atoms with Crippen LogP contribution in [0.4, 0.5) is 0 Å². The van der Waals surface area contributed by atoms with Crippen molar-refractivity contribution in [2.45, 2.75) is 19.9 Å². The van der Waals surface area contributed by atoms with Gasteiger partial charge in [-0.25, -0.2) is 0 Å². The van der Waals surface area contributed by atoms with Gasteiger partial charge in [0.2, 0.25) is 5.17 Å². The molecular formula is C18H28I2N5O7S2-. The summed E-state index contributed by atoms with van der Waals surface area (Å²) in [7, 11) is -3.38. The second-order valence-electron chi connectivity index (χ2n) is 5.47. The van der Waals surface area contributed by atoms with E-state index in [0.717, 1.165) is 13.5 Å². The van der Waals surface area contributed by atoms with Crippen LogP contribution >= 0.6 is 45.2 Å². The Kier molecular flexibility index (Phi) is 24.1. The largest absolute Gasteiger partial charge is 0.784 e. The lowest BCUT2D eigenvalue weighted by Gasteiger charge is -2.03. The van der Waals surface area contributed by atoms with Crippen LogP contribution in [-0.2, 0) is 34.4 Å². The SMILES string of the molecule is CCc1cccc(I)c1.CO.N=C(N)S(=O)(=O)O.NC(N)=[NH+]Cc1cccc(I)c1.O=S([O-])[O-]. The van der Waals surface area contributed by atoms with Crippen molar-refractivity contribution in [2.75, 3.05) is 7.11 Å². The zero-order valence-corrected chi connectivity index (χ0v) is 24.2. The zero-order chi connectivity index (χ0) is 27.3. The van der Waals surface area contributed by atoms with Crippen LogP contribution in [0.15, 0.2) is 48.5 Å². The van der Waals surface area contributed by atoms with Gasteiger partial charge in [-0.3, -0.25) is 30.6 Å². The number of nitrogens with one attached hydrogen (secondary N) is 2. The first-order chi connectivity index (χ1) is 15.7. The van der Waals surface area contributed by atoms with Gasteiger partial charge in [-0.05, 0) is 87.0 Å². The normalized spacial score (nSPS) is 9.32. The standard InChI is InChI=1S/C8H10IN3.C8H9I.CH4N2O3S.CH4O.H2O3S/c9-7-3-1-2-6(4-7)5-12-8(10)11;1-2-7-4-3-5-8(9)6-7;2-1(3)7(4,5)6;1-2;1-4(2)3/h1-4H,5H2,(H4,10,11,12);3-6H,2H2,1H3;(H3,2,3)(H,4,5,6);2H,1H3;(H2,1,2,3)/p-1. The average Bonchev–Trinajstić information content (AvgIpc) is 2.73. The van der Waals surface area contributed by atoms with E-state index in [1.807, 2.05) is 18.2 Å². The number of aryl methyl sites for hydroxylation is 1. The summed E-state index contributed by atoms with van der Waals surface area (Å²) in [5.74, 6) is 0.258. The van der Waals surface area contributed by atoms with E-state index >= 15 is 0 Å². The molecule has 2 rings (SSSR count). The van der Waals surface area contributed by atoms with E-state index < -0.39 is 26.6 Å². The molecule has 0 fully saturated rings. The van der Waals surface area contributed by atoms with Gasteiger partial charge in [-0.2, -0.15) is 8.42 Å². The van der Waals surface area contributed by atoms with Crippen molar-refractivity contribution in [2.24, 2.45) is 17.2 Å². The predicted molar refractivity (Wildman–Crippen MR) is 147 cm³/mol. The van der Waals surface area contributed by atoms with Gasteiger partial charge in [-0.15, -0.1) is 11.4 Å². The quantitative estimate of drug-likeness (QED) is 0.0689. The molecule has 2 aromatic rings. The minimum Gasteiger partial charge on any atom is -0.784 e. The Labute approximate surface area is 229 Å². The summed E-state index contributed by atoms with van der Waals surface area (Å²) in [5, 5.41) is 11.9. The molecule has 10 N–H and O–H groups in total. The fourth-order valence-corrected chi connectivity index (χ4v) is 2.82. The molecule has 0 atom stereocenters. The first kappa shape index (κ1) is 37.1. The Morgan fingerprint density at radius 1 is 1.03 bits per heavy atom. The van der Waals surface area contributed by atoms with Crippen LogP contribution < -0.4 is 22.2 Å². The summed E-state index contributed by atoms with van der Waals surface area (Å²) >= 11 is 1.48. The smallest absolute Gasteiger partial charge is 0.339 e. The third-order valence-corrected chi connectivity index (χ3v) is 4.86. The van der Waals surface area contributed by atoms with Gasteiger partial charge < -0.3 is 19.9 Å². The number of halogens is 2. The van der Waals surface area contributed by atoms with Crippen molar-refractivity contribution < 1.29 is 36.4 Å². The Balaban J connectivity index is -0.000000390. The minimum absolute atomic E-state index is 0.258. The third kappa shape index (κ3) is 26.8. The number of nitrogens with two attached hydrogens (primary N) is 3. The van der Waals surface area contributed by atoms with Crippen LogP contribution in [0.1, 0.15) is 18.1 Å². The molecule has 0 radical (unpaired) electrons. The second-order valence-corrected chi connectivity index (χ2v) is 9.76. The highest BCUT2D eigenvalue weighted by atomic mass is 127. The van der Waals surface area contributed by atoms with E-state index in [1.165, 1.54) is 18.3 Å². The number of amidine groups is 1. The molecular weight excluding hydrogens is 716 g/mol. The summed E-state index contributed by atoms with van der Waals surface area (Å²) in [6, 6.07) is 16.7. The molecule has 0 aliphatic carbocycles. The number of aliphatic hydroxyl groups is 1. The molecule has 2 aromatic carbocycles. The van der Waals surface area contributed by atoms with Crippen molar-refractivity contribution in [1.82, 2.24) is 0 Å². The van der Waals surface area contributed by atoms with Crippen molar-refractivity contribution in [3.05, 3.63) is 66.8 Å². The lowest BCUT2D eigenvalue weighted by Crippen LogP contribution is -2.76. The molecule has 0 aliphatic heterocycles. The highest BCUT2D eigenvalue weighted by molar-refractivity contribution is 14.1. The molecule has 0 amide bonds. The van der Waals surface area contributed by atoms with Crippen LogP contribution in [0.3, 0.4) is 0 Å². The first-order valence-electron chi connectivity index (χ1n) is 8.82. The zero-order valence-electron chi connectivity index (χ0n) is 18.3. The van der Waals surface area contributed by atoms with Crippen molar-refractivity contribution in [3.8, 4) is 0 Å². The van der Waals surface area contributed by atoms with Gasteiger partial charge in [0.15, 0.2) is 0 Å². The van der Waals surface area contributed by atoms with Crippen LogP contribution in [0.2, 0.25) is 0 Å². The summed E-state index contributed by atoms with van der Waals surface area (Å²) < 4.78 is 54.7. The molecule has 34 heavy (non-hydrogen) atoms. The highest BCUT2D eigenvalue weighted by Crippen LogP contribution is 2.07. The van der Waals surface area contributed by atoms with Gasteiger partial charge in [0.25, 0.3) is 0 Å².